The van der Waals surface area contributed by atoms with Crippen molar-refractivity contribution in [2.75, 3.05) is 5.32 Å². The minimum atomic E-state index is -0.787. The Balaban J connectivity index is 1.68. The molecule has 0 aliphatic heterocycles. The Morgan fingerprint density at radius 3 is 2.39 bits per heavy atom. The van der Waals surface area contributed by atoms with Gasteiger partial charge in [0, 0.05) is 16.6 Å². The van der Waals surface area contributed by atoms with Gasteiger partial charge in [0.05, 0.1) is 11.7 Å². The summed E-state index contributed by atoms with van der Waals surface area (Å²) >= 11 is 1.41. The van der Waals surface area contributed by atoms with Crippen LogP contribution in [0.1, 0.15) is 38.3 Å². The maximum Gasteiger partial charge on any atom is 0.263 e. The summed E-state index contributed by atoms with van der Waals surface area (Å²) in [6.45, 7) is 5.91. The van der Waals surface area contributed by atoms with E-state index in [4.69, 9.17) is 0 Å². The van der Waals surface area contributed by atoms with Crippen LogP contribution in [-0.2, 0) is 4.79 Å². The quantitative estimate of drug-likeness (QED) is 0.445. The number of thiophene rings is 1. The molecule has 2 heterocycles. The van der Waals surface area contributed by atoms with Crippen molar-refractivity contribution in [2.24, 2.45) is 0 Å². The van der Waals surface area contributed by atoms with Crippen LogP contribution in [0.2, 0.25) is 0 Å². The predicted molar refractivity (Wildman–Crippen MR) is 123 cm³/mol. The first-order valence-corrected chi connectivity index (χ1v) is 10.9. The molecule has 1 unspecified atom stereocenters. The predicted octanol–water partition coefficient (Wildman–Crippen LogP) is 5.59. The highest BCUT2D eigenvalue weighted by Crippen LogP contribution is 2.31. The summed E-state index contributed by atoms with van der Waals surface area (Å²) in [5.74, 6) is -0.344. The molecule has 2 aromatic heterocycles. The van der Waals surface area contributed by atoms with Crippen LogP contribution < -0.4 is 10.9 Å². The van der Waals surface area contributed by atoms with E-state index in [-0.39, 0.29) is 17.3 Å². The Hall–Kier alpha value is -3.32. The van der Waals surface area contributed by atoms with Crippen molar-refractivity contribution < 1.29 is 9.18 Å². The molecule has 0 aliphatic rings. The minimum Gasteiger partial charge on any atom is -0.324 e. The van der Waals surface area contributed by atoms with Crippen LogP contribution in [0.3, 0.4) is 0 Å². The number of nitrogens with one attached hydrogen (secondary N) is 1. The number of amides is 1. The SMILES string of the molecule is CC(C)c1ccc(-c2csc3ncn(C(C)C(=O)Nc4ccc(F)cc4)c(=O)c23)cc1. The third kappa shape index (κ3) is 4.14. The summed E-state index contributed by atoms with van der Waals surface area (Å²) in [6, 6.07) is 12.9. The third-order valence-electron chi connectivity index (χ3n) is 5.32. The van der Waals surface area contributed by atoms with Gasteiger partial charge in [0.15, 0.2) is 0 Å². The lowest BCUT2D eigenvalue weighted by Gasteiger charge is -2.15. The molecule has 0 radical (unpaired) electrons. The number of hydrogen-bond donors (Lipinski definition) is 1. The fraction of sp³-hybridized carbons (Fsp3) is 0.208. The van der Waals surface area contributed by atoms with Gasteiger partial charge >= 0.3 is 0 Å². The number of aromatic nitrogens is 2. The topological polar surface area (TPSA) is 64.0 Å². The molecule has 7 heteroatoms. The van der Waals surface area contributed by atoms with E-state index >= 15 is 0 Å². The molecule has 0 bridgehead atoms. The molecule has 2 aromatic carbocycles. The van der Waals surface area contributed by atoms with Crippen LogP contribution in [0.5, 0.6) is 0 Å². The molecule has 0 saturated heterocycles. The molecule has 0 saturated carbocycles. The van der Waals surface area contributed by atoms with Gasteiger partial charge in [-0.2, -0.15) is 0 Å². The Morgan fingerprint density at radius 2 is 1.74 bits per heavy atom. The highest BCUT2D eigenvalue weighted by Gasteiger charge is 2.20. The molecule has 158 valence electrons. The van der Waals surface area contributed by atoms with Gasteiger partial charge in [-0.1, -0.05) is 38.1 Å². The van der Waals surface area contributed by atoms with Crippen LogP contribution in [0.25, 0.3) is 21.3 Å². The number of nitrogens with zero attached hydrogens (tertiary/aromatic N) is 2. The summed E-state index contributed by atoms with van der Waals surface area (Å²) in [5.41, 5.74) is 3.17. The molecule has 31 heavy (non-hydrogen) atoms. The van der Waals surface area contributed by atoms with Gasteiger partial charge < -0.3 is 5.32 Å². The van der Waals surface area contributed by atoms with Crippen LogP contribution in [0, 0.1) is 5.82 Å². The largest absolute Gasteiger partial charge is 0.324 e. The van der Waals surface area contributed by atoms with E-state index in [0.717, 1.165) is 11.1 Å². The van der Waals surface area contributed by atoms with Crippen molar-refractivity contribution in [3.8, 4) is 11.1 Å². The van der Waals surface area contributed by atoms with Crippen LogP contribution >= 0.6 is 11.3 Å². The van der Waals surface area contributed by atoms with Crippen LogP contribution in [0.15, 0.2) is 65.0 Å². The number of anilines is 1. The molecule has 5 nitrogen and oxygen atoms in total. The van der Waals surface area contributed by atoms with E-state index in [2.05, 4.69) is 36.3 Å². The molecule has 1 amide bonds. The smallest absolute Gasteiger partial charge is 0.263 e. The number of hydrogen-bond acceptors (Lipinski definition) is 4. The number of halogens is 1. The van der Waals surface area contributed by atoms with E-state index in [1.807, 2.05) is 17.5 Å². The highest BCUT2D eigenvalue weighted by atomic mass is 32.1. The normalized spacial score (nSPS) is 12.3. The number of carbonyl (C=O) groups is 1. The first-order chi connectivity index (χ1) is 14.8. The summed E-state index contributed by atoms with van der Waals surface area (Å²) in [4.78, 5) is 31.0. The van der Waals surface area contributed by atoms with Gasteiger partial charge in [-0.15, -0.1) is 11.3 Å². The van der Waals surface area contributed by atoms with Gasteiger partial charge in [-0.05, 0) is 48.2 Å². The van der Waals surface area contributed by atoms with Crippen molar-refractivity contribution in [3.63, 3.8) is 0 Å². The molecular formula is C24H22FN3O2S. The maximum atomic E-state index is 13.3. The molecule has 1 atom stereocenters. The molecule has 4 aromatic rings. The molecule has 0 fully saturated rings. The van der Waals surface area contributed by atoms with E-state index < -0.39 is 6.04 Å². The molecule has 4 rings (SSSR count). The van der Waals surface area contributed by atoms with E-state index in [1.54, 1.807) is 6.92 Å². The van der Waals surface area contributed by atoms with Crippen molar-refractivity contribution >= 4 is 33.1 Å². The van der Waals surface area contributed by atoms with Gasteiger partial charge in [0.1, 0.15) is 16.7 Å². The summed E-state index contributed by atoms with van der Waals surface area (Å²) in [5, 5.41) is 5.14. The van der Waals surface area contributed by atoms with Gasteiger partial charge in [0.25, 0.3) is 5.56 Å². The monoisotopic (exact) mass is 435 g/mol. The number of carbonyl (C=O) groups excluding carboxylic acids is 1. The van der Waals surface area contributed by atoms with Crippen LogP contribution in [0.4, 0.5) is 10.1 Å². The average molecular weight is 436 g/mol. The summed E-state index contributed by atoms with van der Waals surface area (Å²) < 4.78 is 14.4. The first kappa shape index (κ1) is 20.9. The van der Waals surface area contributed by atoms with Crippen LogP contribution in [-0.4, -0.2) is 15.5 Å². The lowest BCUT2D eigenvalue weighted by atomic mass is 9.99. The zero-order chi connectivity index (χ0) is 22.1. The van der Waals surface area contributed by atoms with E-state index in [0.29, 0.717) is 21.8 Å². The Labute approximate surface area is 183 Å². The molecular weight excluding hydrogens is 413 g/mol. The number of benzene rings is 2. The first-order valence-electron chi connectivity index (χ1n) is 10.00. The zero-order valence-electron chi connectivity index (χ0n) is 17.4. The fourth-order valence-corrected chi connectivity index (χ4v) is 4.29. The summed E-state index contributed by atoms with van der Waals surface area (Å²) in [6.07, 6.45) is 1.40. The second kappa shape index (κ2) is 8.43. The van der Waals surface area contributed by atoms with Gasteiger partial charge in [-0.25, -0.2) is 9.37 Å². The van der Waals surface area contributed by atoms with Gasteiger partial charge in [0.2, 0.25) is 5.91 Å². The second-order valence-electron chi connectivity index (χ2n) is 7.74. The van der Waals surface area contributed by atoms with Crippen molar-refractivity contribution in [3.05, 3.63) is 82.0 Å². The molecule has 1 N–H and O–H groups in total. The van der Waals surface area contributed by atoms with E-state index in [1.165, 1.54) is 52.1 Å². The van der Waals surface area contributed by atoms with Crippen molar-refractivity contribution in [1.82, 2.24) is 9.55 Å². The second-order valence-corrected chi connectivity index (χ2v) is 8.59. The minimum absolute atomic E-state index is 0.268. The van der Waals surface area contributed by atoms with E-state index in [9.17, 15) is 14.0 Å². The summed E-state index contributed by atoms with van der Waals surface area (Å²) in [7, 11) is 0. The Morgan fingerprint density at radius 1 is 1.06 bits per heavy atom. The van der Waals surface area contributed by atoms with Crippen molar-refractivity contribution in [1.29, 1.82) is 0 Å². The zero-order valence-corrected chi connectivity index (χ0v) is 18.2. The molecule has 0 aliphatic carbocycles. The molecule has 0 spiro atoms. The van der Waals surface area contributed by atoms with Crippen molar-refractivity contribution in [2.45, 2.75) is 32.7 Å². The average Bonchev–Trinajstić information content (AvgIpc) is 3.20. The highest BCUT2D eigenvalue weighted by molar-refractivity contribution is 7.17. The number of rotatable bonds is 5. The van der Waals surface area contributed by atoms with Gasteiger partial charge in [-0.3, -0.25) is 14.2 Å². The Kier molecular flexibility index (Phi) is 5.69. The Bertz CT molecular complexity index is 1290. The lowest BCUT2D eigenvalue weighted by molar-refractivity contribution is -0.118. The number of fused-ring (bicyclic) bond motifs is 1. The standard InChI is InChI=1S/C24H22FN3O2S/c1-14(2)16-4-6-17(7-5-16)20-12-31-23-21(20)24(30)28(13-26-23)15(3)22(29)27-19-10-8-18(25)9-11-19/h4-15H,1-3H3,(H,27,29). The third-order valence-corrected chi connectivity index (χ3v) is 6.20. The maximum absolute atomic E-state index is 13.3. The lowest BCUT2D eigenvalue weighted by Crippen LogP contribution is -2.31. The fourth-order valence-electron chi connectivity index (χ4n) is 3.39.